The summed E-state index contributed by atoms with van der Waals surface area (Å²) >= 11 is 0. The number of ether oxygens (including phenoxy) is 2. The summed E-state index contributed by atoms with van der Waals surface area (Å²) in [6.45, 7) is 2.01. The molecule has 1 aromatic carbocycles. The van der Waals surface area contributed by atoms with Crippen LogP contribution in [0.4, 0.5) is 4.39 Å². The molecular formula is C12H12BFNO6-. The molecule has 2 rings (SSSR count). The molecule has 1 heterocycles. The van der Waals surface area contributed by atoms with Crippen molar-refractivity contribution < 1.29 is 28.3 Å². The summed E-state index contributed by atoms with van der Waals surface area (Å²) < 4.78 is 27.7. The SMILES string of the molecule is C=CN([O-])C(=O)c1c(OCCF)ccc2c1OB(O)CO2. The molecule has 0 aromatic heterocycles. The number of benzene rings is 1. The topological polar surface area (TPSA) is 91.3 Å². The second-order valence-electron chi connectivity index (χ2n) is 4.00. The van der Waals surface area contributed by atoms with Gasteiger partial charge in [0.25, 0.3) is 5.91 Å². The second kappa shape index (κ2) is 6.46. The zero-order valence-electron chi connectivity index (χ0n) is 11.0. The fraction of sp³-hybridized carbons (Fsp3) is 0.250. The fourth-order valence-electron chi connectivity index (χ4n) is 1.77. The molecule has 0 unspecified atom stereocenters. The van der Waals surface area contributed by atoms with E-state index in [4.69, 9.17) is 14.1 Å². The van der Waals surface area contributed by atoms with E-state index in [0.717, 1.165) is 6.20 Å². The van der Waals surface area contributed by atoms with E-state index in [9.17, 15) is 19.4 Å². The van der Waals surface area contributed by atoms with E-state index in [1.54, 1.807) is 0 Å². The number of hydrogen-bond acceptors (Lipinski definition) is 6. The van der Waals surface area contributed by atoms with Gasteiger partial charge < -0.3 is 29.4 Å². The molecule has 0 bridgehead atoms. The smallest absolute Gasteiger partial charge is 0.563 e. The lowest BCUT2D eigenvalue weighted by Gasteiger charge is -2.28. The third-order valence-electron chi connectivity index (χ3n) is 2.63. The van der Waals surface area contributed by atoms with Gasteiger partial charge in [0.15, 0.2) is 11.5 Å². The van der Waals surface area contributed by atoms with E-state index in [1.165, 1.54) is 12.1 Å². The summed E-state index contributed by atoms with van der Waals surface area (Å²) in [6, 6.07) is 2.80. The number of nitrogens with zero attached hydrogens (tertiary/aromatic N) is 1. The van der Waals surface area contributed by atoms with Crippen molar-refractivity contribution in [2.24, 2.45) is 0 Å². The Bertz CT molecular complexity index is 555. The standard InChI is InChI=1S/C12H12BFNO6/c1-2-15(18)12(16)10-8(19-6-5-14)3-4-9-11(10)21-13(17)7-20-9/h2-4,17H,1,5-7H2/q-1. The maximum atomic E-state index is 12.2. The maximum Gasteiger partial charge on any atom is 0.563 e. The third kappa shape index (κ3) is 3.09. The molecule has 1 aliphatic rings. The largest absolute Gasteiger partial charge is 0.752 e. The van der Waals surface area contributed by atoms with Gasteiger partial charge >= 0.3 is 7.12 Å². The molecule has 0 fully saturated rings. The second-order valence-corrected chi connectivity index (χ2v) is 4.00. The van der Waals surface area contributed by atoms with Crippen LogP contribution in [0.15, 0.2) is 24.9 Å². The molecule has 1 aromatic rings. The van der Waals surface area contributed by atoms with Crippen LogP contribution in [0.25, 0.3) is 0 Å². The first-order valence-electron chi connectivity index (χ1n) is 6.05. The molecule has 21 heavy (non-hydrogen) atoms. The van der Waals surface area contributed by atoms with Crippen molar-refractivity contribution in [3.8, 4) is 17.2 Å². The molecule has 0 saturated heterocycles. The molecule has 1 amide bonds. The molecule has 0 spiro atoms. The summed E-state index contributed by atoms with van der Waals surface area (Å²) in [5, 5.41) is 20.9. The number of carbonyl (C=O) groups excluding carboxylic acids is 1. The van der Waals surface area contributed by atoms with E-state index < -0.39 is 19.7 Å². The zero-order valence-corrected chi connectivity index (χ0v) is 11.0. The van der Waals surface area contributed by atoms with Crippen molar-refractivity contribution in [3.05, 3.63) is 35.7 Å². The van der Waals surface area contributed by atoms with E-state index in [1.807, 2.05) is 0 Å². The Hall–Kier alpha value is -2.26. The molecule has 112 valence electrons. The van der Waals surface area contributed by atoms with Gasteiger partial charge in [0.2, 0.25) is 0 Å². The van der Waals surface area contributed by atoms with Crippen LogP contribution in [0.1, 0.15) is 10.4 Å². The van der Waals surface area contributed by atoms with Crippen molar-refractivity contribution in [1.82, 2.24) is 5.06 Å². The molecule has 1 aliphatic heterocycles. The molecule has 0 atom stereocenters. The van der Waals surface area contributed by atoms with Crippen LogP contribution >= 0.6 is 0 Å². The lowest BCUT2D eigenvalue weighted by Crippen LogP contribution is -2.35. The highest BCUT2D eigenvalue weighted by molar-refractivity contribution is 6.44. The Morgan fingerprint density at radius 1 is 1.67 bits per heavy atom. The Morgan fingerprint density at radius 2 is 2.43 bits per heavy atom. The number of hydrogen-bond donors (Lipinski definition) is 1. The first kappa shape index (κ1) is 15.1. The van der Waals surface area contributed by atoms with Crippen molar-refractivity contribution in [2.75, 3.05) is 19.8 Å². The number of amides is 1. The number of carbonyl (C=O) groups is 1. The minimum atomic E-state index is -1.29. The quantitative estimate of drug-likeness (QED) is 0.641. The van der Waals surface area contributed by atoms with Crippen molar-refractivity contribution in [1.29, 1.82) is 0 Å². The first-order valence-corrected chi connectivity index (χ1v) is 6.05. The van der Waals surface area contributed by atoms with E-state index in [2.05, 4.69) is 6.58 Å². The minimum absolute atomic E-state index is 0.0255. The Morgan fingerprint density at radius 3 is 3.10 bits per heavy atom. The van der Waals surface area contributed by atoms with E-state index >= 15 is 0 Å². The highest BCUT2D eigenvalue weighted by atomic mass is 19.1. The molecule has 1 N–H and O–H groups in total. The van der Waals surface area contributed by atoms with Crippen LogP contribution in [0.3, 0.4) is 0 Å². The summed E-state index contributed by atoms with van der Waals surface area (Å²) in [7, 11) is -1.29. The van der Waals surface area contributed by atoms with Gasteiger partial charge in [-0.2, -0.15) is 0 Å². The fourth-order valence-corrected chi connectivity index (χ4v) is 1.77. The molecular weight excluding hydrogens is 284 g/mol. The number of halogens is 1. The molecule has 0 aliphatic carbocycles. The van der Waals surface area contributed by atoms with Gasteiger partial charge in [-0.15, -0.1) is 0 Å². The molecule has 0 saturated carbocycles. The summed E-state index contributed by atoms with van der Waals surface area (Å²) in [6.07, 6.45) is 0.765. The van der Waals surface area contributed by atoms with Gasteiger partial charge in [-0.1, -0.05) is 6.58 Å². The average molecular weight is 296 g/mol. The Labute approximate surface area is 120 Å². The third-order valence-corrected chi connectivity index (χ3v) is 2.63. The van der Waals surface area contributed by atoms with Gasteiger partial charge in [-0.3, -0.25) is 4.79 Å². The van der Waals surface area contributed by atoms with Crippen LogP contribution in [0, 0.1) is 5.21 Å². The Balaban J connectivity index is 2.49. The predicted molar refractivity (Wildman–Crippen MR) is 71.7 cm³/mol. The summed E-state index contributed by atoms with van der Waals surface area (Å²) in [5.41, 5.74) is -0.255. The van der Waals surface area contributed by atoms with Gasteiger partial charge in [-0.05, 0) is 18.3 Å². The summed E-state index contributed by atoms with van der Waals surface area (Å²) in [4.78, 5) is 12.1. The van der Waals surface area contributed by atoms with Crippen molar-refractivity contribution >= 4 is 13.0 Å². The van der Waals surface area contributed by atoms with Crippen LogP contribution in [-0.4, -0.2) is 42.9 Å². The average Bonchev–Trinajstić information content (AvgIpc) is 2.50. The van der Waals surface area contributed by atoms with Crippen LogP contribution in [0.2, 0.25) is 0 Å². The monoisotopic (exact) mass is 296 g/mol. The van der Waals surface area contributed by atoms with Crippen LogP contribution < -0.4 is 14.1 Å². The highest BCUT2D eigenvalue weighted by Gasteiger charge is 2.31. The summed E-state index contributed by atoms with van der Waals surface area (Å²) in [5.74, 6) is -1.02. The van der Waals surface area contributed by atoms with E-state index in [-0.39, 0.29) is 41.0 Å². The highest BCUT2D eigenvalue weighted by Crippen LogP contribution is 2.40. The minimum Gasteiger partial charge on any atom is -0.752 e. The molecule has 7 nitrogen and oxygen atoms in total. The van der Waals surface area contributed by atoms with Crippen molar-refractivity contribution in [2.45, 2.75) is 0 Å². The van der Waals surface area contributed by atoms with Gasteiger partial charge in [0.1, 0.15) is 31.1 Å². The number of rotatable bonds is 5. The predicted octanol–water partition coefficient (Wildman–Crippen LogP) is 0.909. The lowest BCUT2D eigenvalue weighted by molar-refractivity contribution is 0.0861. The van der Waals surface area contributed by atoms with Crippen molar-refractivity contribution in [3.63, 3.8) is 0 Å². The van der Waals surface area contributed by atoms with Gasteiger partial charge in [-0.25, -0.2) is 4.39 Å². The number of hydroxylamine groups is 2. The Kier molecular flexibility index (Phi) is 4.66. The zero-order chi connectivity index (χ0) is 15.4. The molecule has 0 radical (unpaired) electrons. The lowest BCUT2D eigenvalue weighted by atomic mass is 9.91. The molecule has 9 heteroatoms. The number of alkyl halides is 1. The maximum absolute atomic E-state index is 12.2. The first-order chi connectivity index (χ1) is 10.1. The van der Waals surface area contributed by atoms with Gasteiger partial charge in [0, 0.05) is 0 Å². The van der Waals surface area contributed by atoms with Crippen LogP contribution in [-0.2, 0) is 0 Å². The van der Waals surface area contributed by atoms with Gasteiger partial charge in [0.05, 0.1) is 0 Å². The number of fused-ring (bicyclic) bond motifs is 1. The van der Waals surface area contributed by atoms with Crippen LogP contribution in [0.5, 0.6) is 17.2 Å². The normalized spacial score (nSPS) is 12.8. The van der Waals surface area contributed by atoms with E-state index in [0.29, 0.717) is 0 Å².